The van der Waals surface area contributed by atoms with E-state index in [4.69, 9.17) is 16.3 Å². The van der Waals surface area contributed by atoms with Gasteiger partial charge in [0.05, 0.1) is 12.3 Å². The summed E-state index contributed by atoms with van der Waals surface area (Å²) in [6.07, 6.45) is 0. The summed E-state index contributed by atoms with van der Waals surface area (Å²) in [7, 11) is 0. The lowest BCUT2D eigenvalue weighted by atomic mass is 10.1. The fourth-order valence-corrected chi connectivity index (χ4v) is 3.16. The number of amides is 1. The predicted octanol–water partition coefficient (Wildman–Crippen LogP) is 4.52. The second-order valence-corrected chi connectivity index (χ2v) is 7.12. The lowest BCUT2D eigenvalue weighted by molar-refractivity contribution is -0.118. The van der Waals surface area contributed by atoms with Gasteiger partial charge in [0.25, 0.3) is 0 Å². The van der Waals surface area contributed by atoms with Crippen LogP contribution in [0, 0.1) is 19.7 Å². The van der Waals surface area contributed by atoms with Crippen LogP contribution < -0.4 is 10.1 Å². The summed E-state index contributed by atoms with van der Waals surface area (Å²) >= 11 is 7.07. The van der Waals surface area contributed by atoms with E-state index in [1.54, 1.807) is 12.1 Å². The topological polar surface area (TPSA) is 38.3 Å². The summed E-state index contributed by atoms with van der Waals surface area (Å²) in [5, 5.41) is 3.17. The first-order chi connectivity index (χ1) is 12.0. The molecule has 2 aromatic carbocycles. The summed E-state index contributed by atoms with van der Waals surface area (Å²) in [6.45, 7) is 4.84. The Hall–Kier alpha value is -1.72. The molecule has 0 aliphatic rings. The molecule has 0 atom stereocenters. The molecule has 0 fully saturated rings. The largest absolute Gasteiger partial charge is 0.491 e. The molecule has 2 aromatic rings. The second-order valence-electron chi connectivity index (χ2n) is 5.70. The third kappa shape index (κ3) is 6.59. The molecule has 0 saturated heterocycles. The van der Waals surface area contributed by atoms with Crippen LogP contribution >= 0.6 is 23.4 Å². The van der Waals surface area contributed by atoms with Crippen LogP contribution in [0.5, 0.6) is 5.75 Å². The highest BCUT2D eigenvalue weighted by atomic mass is 35.5. The normalized spacial score (nSPS) is 10.6. The van der Waals surface area contributed by atoms with Crippen molar-refractivity contribution in [2.75, 3.05) is 18.9 Å². The number of rotatable bonds is 8. The van der Waals surface area contributed by atoms with E-state index in [1.165, 1.54) is 17.8 Å². The van der Waals surface area contributed by atoms with Gasteiger partial charge in [-0.15, -0.1) is 11.8 Å². The molecular weight excluding hydrogens is 361 g/mol. The van der Waals surface area contributed by atoms with Crippen LogP contribution in [0.25, 0.3) is 0 Å². The Morgan fingerprint density at radius 3 is 2.80 bits per heavy atom. The van der Waals surface area contributed by atoms with E-state index in [9.17, 15) is 9.18 Å². The monoisotopic (exact) mass is 381 g/mol. The highest BCUT2D eigenvalue weighted by Crippen LogP contribution is 2.20. The van der Waals surface area contributed by atoms with Crippen molar-refractivity contribution in [1.29, 1.82) is 0 Å². The summed E-state index contributed by atoms with van der Waals surface area (Å²) in [6, 6.07) is 10.6. The fourth-order valence-electron chi connectivity index (χ4n) is 2.16. The fraction of sp³-hybridized carbons (Fsp3) is 0.316. The van der Waals surface area contributed by atoms with Gasteiger partial charge in [-0.25, -0.2) is 4.39 Å². The maximum Gasteiger partial charge on any atom is 0.230 e. The Morgan fingerprint density at radius 2 is 2.04 bits per heavy atom. The van der Waals surface area contributed by atoms with Gasteiger partial charge < -0.3 is 10.1 Å². The molecule has 2 rings (SSSR count). The van der Waals surface area contributed by atoms with Gasteiger partial charge in [0.2, 0.25) is 5.91 Å². The maximum absolute atomic E-state index is 13.6. The quantitative estimate of drug-likeness (QED) is 0.683. The molecule has 0 radical (unpaired) electrons. The Labute approximate surface area is 156 Å². The van der Waals surface area contributed by atoms with Crippen molar-refractivity contribution in [2.45, 2.75) is 19.6 Å². The minimum absolute atomic E-state index is 0.0936. The molecule has 0 aliphatic heterocycles. The van der Waals surface area contributed by atoms with Crippen LogP contribution in [0.3, 0.4) is 0 Å². The van der Waals surface area contributed by atoms with E-state index in [0.717, 1.165) is 16.9 Å². The highest BCUT2D eigenvalue weighted by molar-refractivity contribution is 7.99. The Balaban J connectivity index is 1.65. The van der Waals surface area contributed by atoms with Crippen molar-refractivity contribution in [1.82, 2.24) is 5.32 Å². The molecule has 6 heteroatoms. The average Bonchev–Trinajstić information content (AvgIpc) is 2.56. The summed E-state index contributed by atoms with van der Waals surface area (Å²) in [5.74, 6) is 1.09. The van der Waals surface area contributed by atoms with E-state index in [0.29, 0.717) is 29.5 Å². The first kappa shape index (κ1) is 19.6. The molecule has 1 amide bonds. The zero-order chi connectivity index (χ0) is 18.2. The highest BCUT2D eigenvalue weighted by Gasteiger charge is 2.06. The van der Waals surface area contributed by atoms with Gasteiger partial charge in [0.15, 0.2) is 0 Å². The predicted molar refractivity (Wildman–Crippen MR) is 102 cm³/mol. The van der Waals surface area contributed by atoms with Crippen molar-refractivity contribution < 1.29 is 13.9 Å². The van der Waals surface area contributed by atoms with E-state index in [2.05, 4.69) is 5.32 Å². The number of hydrogen-bond donors (Lipinski definition) is 1. The lowest BCUT2D eigenvalue weighted by Gasteiger charge is -2.10. The van der Waals surface area contributed by atoms with Gasteiger partial charge in [0.1, 0.15) is 18.2 Å². The van der Waals surface area contributed by atoms with Gasteiger partial charge in [-0.3, -0.25) is 4.79 Å². The minimum atomic E-state index is -0.345. The zero-order valence-corrected chi connectivity index (χ0v) is 15.8. The number of hydrogen-bond acceptors (Lipinski definition) is 3. The van der Waals surface area contributed by atoms with Crippen LogP contribution in [0.15, 0.2) is 36.4 Å². The molecule has 134 valence electrons. The summed E-state index contributed by atoms with van der Waals surface area (Å²) in [5.41, 5.74) is 2.74. The van der Waals surface area contributed by atoms with Crippen LogP contribution in [0.4, 0.5) is 4.39 Å². The number of carbonyl (C=O) groups is 1. The number of thioether (sulfide) groups is 1. The third-order valence-electron chi connectivity index (χ3n) is 3.53. The van der Waals surface area contributed by atoms with Crippen molar-refractivity contribution in [3.63, 3.8) is 0 Å². The van der Waals surface area contributed by atoms with Gasteiger partial charge >= 0.3 is 0 Å². The molecule has 1 N–H and O–H groups in total. The van der Waals surface area contributed by atoms with E-state index < -0.39 is 0 Å². The number of ether oxygens (including phenoxy) is 1. The number of benzene rings is 2. The maximum atomic E-state index is 13.6. The number of nitrogens with one attached hydrogen (secondary N) is 1. The molecule has 0 heterocycles. The first-order valence-electron chi connectivity index (χ1n) is 7.94. The van der Waals surface area contributed by atoms with Crippen LogP contribution in [-0.4, -0.2) is 24.8 Å². The molecule has 0 aromatic heterocycles. The standard InChI is InChI=1S/C19H21ClFNO2S/c1-13-3-4-14(2)18(9-13)24-8-7-22-19(23)12-25-11-15-5-6-16(20)10-17(15)21/h3-6,9-10H,7-8,11-12H2,1-2H3,(H,22,23). The molecule has 0 bridgehead atoms. The van der Waals surface area contributed by atoms with Crippen LogP contribution in [0.2, 0.25) is 5.02 Å². The minimum Gasteiger partial charge on any atom is -0.491 e. The van der Waals surface area contributed by atoms with Crippen molar-refractivity contribution in [2.24, 2.45) is 0 Å². The average molecular weight is 382 g/mol. The van der Waals surface area contributed by atoms with E-state index >= 15 is 0 Å². The molecule has 0 aliphatic carbocycles. The van der Waals surface area contributed by atoms with Gasteiger partial charge in [-0.2, -0.15) is 0 Å². The smallest absolute Gasteiger partial charge is 0.230 e. The van der Waals surface area contributed by atoms with E-state index in [1.807, 2.05) is 32.0 Å². The number of carbonyl (C=O) groups excluding carboxylic acids is 1. The third-order valence-corrected chi connectivity index (χ3v) is 4.75. The molecule has 0 saturated carbocycles. The van der Waals surface area contributed by atoms with Gasteiger partial charge in [0, 0.05) is 10.8 Å². The van der Waals surface area contributed by atoms with Crippen LogP contribution in [0.1, 0.15) is 16.7 Å². The zero-order valence-electron chi connectivity index (χ0n) is 14.3. The van der Waals surface area contributed by atoms with E-state index in [-0.39, 0.29) is 17.5 Å². The lowest BCUT2D eigenvalue weighted by Crippen LogP contribution is -2.29. The first-order valence-corrected chi connectivity index (χ1v) is 9.47. The van der Waals surface area contributed by atoms with Gasteiger partial charge in [-0.05, 0) is 48.7 Å². The molecule has 0 spiro atoms. The molecular formula is C19H21ClFNO2S. The Bertz CT molecular complexity index is 739. The van der Waals surface area contributed by atoms with Crippen molar-refractivity contribution in [3.8, 4) is 5.75 Å². The molecule has 25 heavy (non-hydrogen) atoms. The Morgan fingerprint density at radius 1 is 1.24 bits per heavy atom. The van der Waals surface area contributed by atoms with Crippen molar-refractivity contribution >= 4 is 29.3 Å². The second kappa shape index (κ2) is 9.68. The van der Waals surface area contributed by atoms with Gasteiger partial charge in [-0.1, -0.05) is 29.8 Å². The molecule has 0 unspecified atom stereocenters. The number of halogens is 2. The number of aryl methyl sites for hydroxylation is 2. The summed E-state index contributed by atoms with van der Waals surface area (Å²) < 4.78 is 19.3. The molecule has 3 nitrogen and oxygen atoms in total. The van der Waals surface area contributed by atoms with Crippen molar-refractivity contribution in [3.05, 3.63) is 63.9 Å². The Kier molecular flexibility index (Phi) is 7.59. The summed E-state index contributed by atoms with van der Waals surface area (Å²) in [4.78, 5) is 11.8. The SMILES string of the molecule is Cc1ccc(C)c(OCCNC(=O)CSCc2ccc(Cl)cc2F)c1. The van der Waals surface area contributed by atoms with Crippen LogP contribution in [-0.2, 0) is 10.5 Å².